The molecule has 0 saturated carbocycles. The number of hydrogen-bond donors (Lipinski definition) is 0. The van der Waals surface area contributed by atoms with Gasteiger partial charge in [0.2, 0.25) is 0 Å². The van der Waals surface area contributed by atoms with Gasteiger partial charge in [0, 0.05) is 0 Å². The molecule has 6 heteroatoms. The van der Waals surface area contributed by atoms with Gasteiger partial charge in [-0.3, -0.25) is 0 Å². The third kappa shape index (κ3) is 4.52. The van der Waals surface area contributed by atoms with Crippen molar-refractivity contribution < 1.29 is 13.2 Å². The summed E-state index contributed by atoms with van der Waals surface area (Å²) in [6.07, 6.45) is 0.639. The van der Waals surface area contributed by atoms with Gasteiger partial charge in [-0.25, -0.2) is 0 Å². The van der Waals surface area contributed by atoms with Crippen LogP contribution >= 0.6 is 32.6 Å². The summed E-state index contributed by atoms with van der Waals surface area (Å²) in [5, 5.41) is 0.350. The summed E-state index contributed by atoms with van der Waals surface area (Å²) in [6.45, 7) is 0. The van der Waals surface area contributed by atoms with E-state index in [0.717, 1.165) is 5.56 Å². The second kappa shape index (κ2) is 9.05. The molecule has 4 rings (SSSR count). The van der Waals surface area contributed by atoms with E-state index in [2.05, 4.69) is 51.9 Å². The van der Waals surface area contributed by atoms with Crippen molar-refractivity contribution >= 4 is 48.5 Å². The van der Waals surface area contributed by atoms with Crippen LogP contribution in [0.2, 0.25) is 0 Å². The molecule has 0 N–H and O–H groups in total. The van der Waals surface area contributed by atoms with E-state index in [1.54, 1.807) is 12.1 Å². The summed E-state index contributed by atoms with van der Waals surface area (Å²) in [5.74, 6) is 0. The van der Waals surface area contributed by atoms with Gasteiger partial charge in [0.05, 0.1) is 0 Å². The van der Waals surface area contributed by atoms with Crippen LogP contribution in [-0.4, -0.2) is 5.51 Å². The first kappa shape index (κ1) is 23.1. The molecule has 0 radical (unpaired) electrons. The van der Waals surface area contributed by atoms with E-state index in [1.807, 2.05) is 66.7 Å². The molecule has 0 aliphatic rings. The number of thioether (sulfide) groups is 1. The van der Waals surface area contributed by atoms with Gasteiger partial charge in [-0.1, -0.05) is 0 Å². The van der Waals surface area contributed by atoms with Crippen LogP contribution < -0.4 is 15.9 Å². The molecule has 0 aliphatic carbocycles. The Balaban J connectivity index is 1.92. The minimum atomic E-state index is -4.30. The summed E-state index contributed by atoms with van der Waals surface area (Å²) in [7, 11) is 0. The predicted octanol–water partition coefficient (Wildman–Crippen LogP) is 7.64. The molecule has 32 heavy (non-hydrogen) atoms. The van der Waals surface area contributed by atoms with E-state index < -0.39 is 10.8 Å². The molecule has 0 heterocycles. The van der Waals surface area contributed by atoms with Gasteiger partial charge >= 0.3 is 199 Å². The van der Waals surface area contributed by atoms with Crippen molar-refractivity contribution in [3.05, 3.63) is 121 Å². The van der Waals surface area contributed by atoms with E-state index in [-0.39, 0.29) is 16.7 Å². The van der Waals surface area contributed by atoms with Crippen molar-refractivity contribution in [3.63, 3.8) is 0 Å². The fourth-order valence-corrected chi connectivity index (χ4v) is 12.3. The molecule has 4 aromatic carbocycles. The Hall–Kier alpha value is -2.07. The van der Waals surface area contributed by atoms with Crippen LogP contribution in [0.4, 0.5) is 13.2 Å². The normalized spacial score (nSPS) is 13.3. The van der Waals surface area contributed by atoms with Gasteiger partial charge in [-0.05, 0) is 0 Å². The van der Waals surface area contributed by atoms with Crippen LogP contribution in [0, 0.1) is 0 Å². The van der Waals surface area contributed by atoms with Crippen LogP contribution in [0.5, 0.6) is 0 Å². The van der Waals surface area contributed by atoms with Crippen molar-refractivity contribution in [3.8, 4) is 0 Å². The van der Waals surface area contributed by atoms with Gasteiger partial charge in [0.15, 0.2) is 0 Å². The summed E-state index contributed by atoms with van der Waals surface area (Å²) in [6, 6.07) is 37.8. The molecule has 0 unspecified atom stereocenters. The summed E-state index contributed by atoms with van der Waals surface area (Å²) in [5.41, 5.74) is -3.32. The van der Waals surface area contributed by atoms with Crippen molar-refractivity contribution in [2.75, 3.05) is 0 Å². The molecule has 4 aromatic rings. The Labute approximate surface area is 198 Å². The number of alkyl halides is 3. The maximum absolute atomic E-state index is 12.8. The van der Waals surface area contributed by atoms with Crippen LogP contribution in [0.1, 0.15) is 5.56 Å². The third-order valence-corrected chi connectivity index (χ3v) is 15.8. The van der Waals surface area contributed by atoms with Crippen molar-refractivity contribution in [2.24, 2.45) is 0 Å². The fraction of sp³-hybridized carbons (Fsp3) is 0.0769. The molecule has 0 bridgehead atoms. The molecule has 0 amide bonds. The van der Waals surface area contributed by atoms with E-state index in [9.17, 15) is 13.2 Å². The molecule has 164 valence electrons. The van der Waals surface area contributed by atoms with Crippen LogP contribution in [0.3, 0.4) is 0 Å². The van der Waals surface area contributed by atoms with Crippen LogP contribution in [0.15, 0.2) is 120 Å². The monoisotopic (exact) mass is 532 g/mol. The van der Waals surface area contributed by atoms with E-state index in [0.29, 0.717) is 6.16 Å². The second-order valence-electron chi connectivity index (χ2n) is 7.54. The molecule has 0 saturated heterocycles. The first-order valence-electron chi connectivity index (χ1n) is 10.0. The van der Waals surface area contributed by atoms with Gasteiger partial charge in [0.1, 0.15) is 0 Å². The minimum absolute atomic E-state index is 0.0854. The Morgan fingerprint density at radius 3 is 1.31 bits per heavy atom. The van der Waals surface area contributed by atoms with Gasteiger partial charge in [-0.2, -0.15) is 0 Å². The Bertz CT molecular complexity index is 1070. The average molecular weight is 533 g/mol. The predicted molar refractivity (Wildman–Crippen MR) is 136 cm³/mol. The third-order valence-electron chi connectivity index (χ3n) is 5.52. The van der Waals surface area contributed by atoms with Gasteiger partial charge in [0.25, 0.3) is 0 Å². The Morgan fingerprint density at radius 2 is 0.969 bits per heavy atom. The number of rotatable bonds is 6. The summed E-state index contributed by atoms with van der Waals surface area (Å²) < 4.78 is 38.4. The van der Waals surface area contributed by atoms with Gasteiger partial charge in [-0.15, -0.1) is 0 Å². The zero-order chi connectivity index (χ0) is 22.7. The molecule has 0 aromatic heterocycles. The number of hydrogen-bond acceptors (Lipinski definition) is 1. The van der Waals surface area contributed by atoms with Crippen molar-refractivity contribution in [1.82, 2.24) is 0 Å². The van der Waals surface area contributed by atoms with E-state index in [4.69, 9.17) is 0 Å². The molecular formula is C26H21BrF3PS. The van der Waals surface area contributed by atoms with Crippen molar-refractivity contribution in [1.29, 1.82) is 0 Å². The SMILES string of the molecule is FC(F)(F)Sc1ccc(CP(Br)(c2ccccc2)(c2ccccc2)c2ccccc2)cc1. The molecule has 0 atom stereocenters. The molecule has 0 fully saturated rings. The Morgan fingerprint density at radius 1 is 0.594 bits per heavy atom. The molecule has 0 nitrogen and oxygen atoms in total. The summed E-state index contributed by atoms with van der Waals surface area (Å²) >= 11 is 4.28. The molecular weight excluding hydrogens is 512 g/mol. The summed E-state index contributed by atoms with van der Waals surface area (Å²) in [4.78, 5) is 0.190. The van der Waals surface area contributed by atoms with Crippen LogP contribution in [-0.2, 0) is 6.16 Å². The van der Waals surface area contributed by atoms with E-state index in [1.165, 1.54) is 15.9 Å². The fourth-order valence-electron chi connectivity index (χ4n) is 4.08. The topological polar surface area (TPSA) is 0 Å². The van der Waals surface area contributed by atoms with Gasteiger partial charge < -0.3 is 0 Å². The van der Waals surface area contributed by atoms with Crippen LogP contribution in [0.25, 0.3) is 0 Å². The molecule has 0 aliphatic heterocycles. The Kier molecular flexibility index (Phi) is 6.53. The molecule has 0 spiro atoms. The van der Waals surface area contributed by atoms with Crippen molar-refractivity contribution in [2.45, 2.75) is 16.6 Å². The zero-order valence-corrected chi connectivity index (χ0v) is 20.3. The number of halogens is 4. The second-order valence-corrected chi connectivity index (χ2v) is 17.6. The quantitative estimate of drug-likeness (QED) is 0.181. The average Bonchev–Trinajstić information content (AvgIpc) is 2.81. The first-order valence-corrected chi connectivity index (χ1v) is 15.3. The van der Waals surface area contributed by atoms with E-state index >= 15 is 0 Å². The first-order chi connectivity index (χ1) is 15.3. The number of benzene rings is 4. The maximum atomic E-state index is 12.8. The standard InChI is InChI=1S/C26H21BrF3PS/c27-31(22-10-4-1-5-11-22,23-12-6-2-7-13-23,24-14-8-3-9-15-24)20-21-16-18-25(19-17-21)32-26(28,29)30/h1-19H,20H2. The zero-order valence-electron chi connectivity index (χ0n) is 17.0.